The van der Waals surface area contributed by atoms with Gasteiger partial charge in [0, 0.05) is 28.1 Å². The summed E-state index contributed by atoms with van der Waals surface area (Å²) in [4.78, 5) is 14.3. The van der Waals surface area contributed by atoms with Crippen LogP contribution in [0.4, 0.5) is 0 Å². The molecule has 6 aromatic rings. The van der Waals surface area contributed by atoms with Gasteiger partial charge in [-0.3, -0.25) is 4.98 Å². The fourth-order valence-electron chi connectivity index (χ4n) is 3.87. The number of benzene rings is 3. The van der Waals surface area contributed by atoms with E-state index in [2.05, 4.69) is 27.3 Å². The summed E-state index contributed by atoms with van der Waals surface area (Å²) in [6.45, 7) is 0. The van der Waals surface area contributed by atoms with Gasteiger partial charge < -0.3 is 6.15 Å². The smallest absolute Gasteiger partial charge is 0.344 e. The molecule has 0 atom stereocenters. The Morgan fingerprint density at radius 2 is 1.12 bits per heavy atom. The van der Waals surface area contributed by atoms with Crippen molar-refractivity contribution >= 4 is 21.8 Å². The van der Waals surface area contributed by atoms with Gasteiger partial charge in [-0.2, -0.15) is 0 Å². The summed E-state index contributed by atoms with van der Waals surface area (Å²) < 4.78 is 0. The number of rotatable bonds is 3. The molecule has 34 heavy (non-hydrogen) atoms. The van der Waals surface area contributed by atoms with Crippen molar-refractivity contribution in [2.24, 2.45) is 0 Å². The Kier molecular flexibility index (Phi) is 6.78. The third kappa shape index (κ3) is 4.19. The SMILES string of the molecule is N.[Ru+2].c1ccc(-c2nnc(-c3ccc4ccc5cccnc5c4n3)nc2-c2ccccc2)cc1. The molecule has 0 aliphatic rings. The first-order chi connectivity index (χ1) is 15.9. The second-order valence-corrected chi connectivity index (χ2v) is 7.47. The molecule has 3 N–H and O–H groups in total. The largest absolute Gasteiger partial charge is 2.00 e. The van der Waals surface area contributed by atoms with E-state index in [0.29, 0.717) is 11.5 Å². The van der Waals surface area contributed by atoms with E-state index in [1.807, 2.05) is 84.9 Å². The zero-order valence-electron chi connectivity index (χ0n) is 18.1. The second kappa shape index (κ2) is 9.91. The first-order valence-corrected chi connectivity index (χ1v) is 10.4. The monoisotopic (exact) mass is 530 g/mol. The maximum Gasteiger partial charge on any atom is 2.00 e. The number of pyridine rings is 2. The average Bonchev–Trinajstić information content (AvgIpc) is 2.89. The van der Waals surface area contributed by atoms with Crippen LogP contribution in [0.2, 0.25) is 0 Å². The molecule has 0 unspecified atom stereocenters. The molecule has 0 aliphatic carbocycles. The van der Waals surface area contributed by atoms with Crippen molar-refractivity contribution in [1.29, 1.82) is 0 Å². The topological polar surface area (TPSA) is 99.5 Å². The molecular formula is C27H20N6Ru+2. The maximum atomic E-state index is 4.92. The number of hydrogen-bond donors (Lipinski definition) is 1. The molecule has 0 saturated carbocycles. The Bertz CT molecular complexity index is 1570. The van der Waals surface area contributed by atoms with Gasteiger partial charge in [0.15, 0.2) is 0 Å². The van der Waals surface area contributed by atoms with Gasteiger partial charge in [-0.15, -0.1) is 10.2 Å². The molecule has 0 fully saturated rings. The first kappa shape index (κ1) is 23.2. The molecule has 0 radical (unpaired) electrons. The predicted octanol–water partition coefficient (Wildman–Crippen LogP) is 6.13. The van der Waals surface area contributed by atoms with E-state index >= 15 is 0 Å². The number of aromatic nitrogens is 5. The molecule has 3 aromatic heterocycles. The molecule has 3 heterocycles. The van der Waals surface area contributed by atoms with Crippen LogP contribution in [0.15, 0.2) is 103 Å². The van der Waals surface area contributed by atoms with E-state index in [9.17, 15) is 0 Å². The maximum absolute atomic E-state index is 4.92. The van der Waals surface area contributed by atoms with Gasteiger partial charge in [0.2, 0.25) is 5.82 Å². The zero-order chi connectivity index (χ0) is 21.3. The molecule has 0 spiro atoms. The zero-order valence-corrected chi connectivity index (χ0v) is 19.8. The Balaban J connectivity index is 0.00000137. The van der Waals surface area contributed by atoms with E-state index in [1.54, 1.807) is 6.20 Å². The summed E-state index contributed by atoms with van der Waals surface area (Å²) in [5, 5.41) is 11.1. The van der Waals surface area contributed by atoms with Gasteiger partial charge in [0.1, 0.15) is 17.1 Å². The molecular weight excluding hydrogens is 509 g/mol. The van der Waals surface area contributed by atoms with Gasteiger partial charge in [0.25, 0.3) is 0 Å². The Morgan fingerprint density at radius 3 is 1.82 bits per heavy atom. The van der Waals surface area contributed by atoms with Crippen molar-refractivity contribution in [2.45, 2.75) is 0 Å². The minimum Gasteiger partial charge on any atom is -0.344 e. The predicted molar refractivity (Wildman–Crippen MR) is 132 cm³/mol. The summed E-state index contributed by atoms with van der Waals surface area (Å²) in [6, 6.07) is 32.1. The van der Waals surface area contributed by atoms with Gasteiger partial charge in [-0.1, -0.05) is 84.9 Å². The van der Waals surface area contributed by atoms with E-state index in [-0.39, 0.29) is 25.6 Å². The summed E-state index contributed by atoms with van der Waals surface area (Å²) in [5.41, 5.74) is 5.84. The van der Waals surface area contributed by atoms with Crippen LogP contribution in [0, 0.1) is 0 Å². The average molecular weight is 530 g/mol. The van der Waals surface area contributed by atoms with Gasteiger partial charge in [0.05, 0.1) is 11.0 Å². The van der Waals surface area contributed by atoms with Gasteiger partial charge in [-0.05, 0) is 12.1 Å². The molecule has 3 aromatic carbocycles. The van der Waals surface area contributed by atoms with Crippen molar-refractivity contribution in [1.82, 2.24) is 31.3 Å². The Morgan fingerprint density at radius 1 is 0.500 bits per heavy atom. The van der Waals surface area contributed by atoms with Crippen LogP contribution in [-0.4, -0.2) is 25.1 Å². The van der Waals surface area contributed by atoms with Gasteiger partial charge >= 0.3 is 19.5 Å². The summed E-state index contributed by atoms with van der Waals surface area (Å²) in [7, 11) is 0. The molecule has 6 rings (SSSR count). The van der Waals surface area contributed by atoms with E-state index in [1.165, 1.54) is 0 Å². The van der Waals surface area contributed by atoms with Crippen LogP contribution in [0.3, 0.4) is 0 Å². The fourth-order valence-corrected chi connectivity index (χ4v) is 3.87. The summed E-state index contributed by atoms with van der Waals surface area (Å²) in [6.07, 6.45) is 1.79. The first-order valence-electron chi connectivity index (χ1n) is 10.4. The van der Waals surface area contributed by atoms with Crippen LogP contribution in [0.1, 0.15) is 0 Å². The molecule has 7 heteroatoms. The van der Waals surface area contributed by atoms with E-state index in [4.69, 9.17) is 9.97 Å². The van der Waals surface area contributed by atoms with Crippen molar-refractivity contribution in [3.05, 3.63) is 103 Å². The van der Waals surface area contributed by atoms with Crippen LogP contribution >= 0.6 is 0 Å². The number of fused-ring (bicyclic) bond motifs is 3. The van der Waals surface area contributed by atoms with Gasteiger partial charge in [-0.25, -0.2) is 9.97 Å². The minimum atomic E-state index is 0. The second-order valence-electron chi connectivity index (χ2n) is 7.47. The van der Waals surface area contributed by atoms with Crippen molar-refractivity contribution in [3.8, 4) is 34.0 Å². The van der Waals surface area contributed by atoms with Crippen LogP contribution in [0.25, 0.3) is 55.8 Å². The fraction of sp³-hybridized carbons (Fsp3) is 0. The van der Waals surface area contributed by atoms with Crippen molar-refractivity contribution < 1.29 is 19.5 Å². The molecule has 0 amide bonds. The summed E-state index contributed by atoms with van der Waals surface area (Å²) in [5.74, 6) is 0.485. The normalized spacial score (nSPS) is 10.5. The standard InChI is InChI=1S/C27H17N5.H3N.Ru/c1-3-8-18(9-4-1)25-26(19-10-5-2-6-11-19)31-32-27(30-25)22-16-15-21-14-13-20-12-7-17-28-23(20)24(21)29-22;;/h1-17H;1H3;/q;;+2. The number of nitrogens with zero attached hydrogens (tertiary/aromatic N) is 5. The van der Waals surface area contributed by atoms with Crippen LogP contribution in [-0.2, 0) is 19.5 Å². The molecule has 0 bridgehead atoms. The molecule has 164 valence electrons. The van der Waals surface area contributed by atoms with Crippen LogP contribution in [0.5, 0.6) is 0 Å². The quantitative estimate of drug-likeness (QED) is 0.219. The summed E-state index contributed by atoms with van der Waals surface area (Å²) >= 11 is 0. The van der Waals surface area contributed by atoms with Crippen molar-refractivity contribution in [2.75, 3.05) is 0 Å². The third-order valence-corrected chi connectivity index (χ3v) is 5.44. The minimum absolute atomic E-state index is 0. The Hall–Kier alpha value is -3.93. The Labute approximate surface area is 209 Å². The third-order valence-electron chi connectivity index (χ3n) is 5.44. The number of hydrogen-bond acceptors (Lipinski definition) is 6. The van der Waals surface area contributed by atoms with Crippen molar-refractivity contribution in [3.63, 3.8) is 0 Å². The molecule has 0 aliphatic heterocycles. The van der Waals surface area contributed by atoms with E-state index in [0.717, 1.165) is 44.3 Å². The molecule has 6 nitrogen and oxygen atoms in total. The van der Waals surface area contributed by atoms with E-state index < -0.39 is 0 Å². The van der Waals surface area contributed by atoms with Crippen LogP contribution < -0.4 is 6.15 Å². The molecule has 0 saturated heterocycles.